The number of nitrogens with one attached hydrogen (secondary N) is 1. The molecule has 2 fully saturated rings. The summed E-state index contributed by atoms with van der Waals surface area (Å²) in [7, 11) is 0. The van der Waals surface area contributed by atoms with Crippen LogP contribution in [0.15, 0.2) is 30.3 Å². The Hall–Kier alpha value is -0.900. The van der Waals surface area contributed by atoms with Crippen LogP contribution >= 0.6 is 0 Å². The lowest BCUT2D eigenvalue weighted by Gasteiger charge is -2.27. The van der Waals surface area contributed by atoms with E-state index in [0.29, 0.717) is 6.04 Å². The van der Waals surface area contributed by atoms with Crippen LogP contribution in [0.4, 0.5) is 0 Å². The van der Waals surface area contributed by atoms with E-state index in [-0.39, 0.29) is 5.54 Å². The van der Waals surface area contributed by atoms with Crippen LogP contribution in [0.1, 0.15) is 31.7 Å². The fourth-order valence-electron chi connectivity index (χ4n) is 3.00. The zero-order valence-electron chi connectivity index (χ0n) is 11.8. The van der Waals surface area contributed by atoms with Crippen LogP contribution < -0.4 is 11.1 Å². The zero-order chi connectivity index (χ0) is 13.3. The first-order valence-corrected chi connectivity index (χ1v) is 7.47. The van der Waals surface area contributed by atoms with Gasteiger partial charge in [-0.15, -0.1) is 0 Å². The van der Waals surface area contributed by atoms with Gasteiger partial charge in [0.1, 0.15) is 0 Å². The number of hydrogen-bond acceptors (Lipinski definition) is 3. The van der Waals surface area contributed by atoms with Crippen molar-refractivity contribution < 1.29 is 0 Å². The van der Waals surface area contributed by atoms with Gasteiger partial charge in [-0.2, -0.15) is 0 Å². The van der Waals surface area contributed by atoms with Crippen LogP contribution in [0.25, 0.3) is 0 Å². The van der Waals surface area contributed by atoms with Crippen LogP contribution in [-0.4, -0.2) is 36.6 Å². The Bertz CT molecular complexity index is 411. The summed E-state index contributed by atoms with van der Waals surface area (Å²) in [6.45, 7) is 5.42. The molecular formula is C16H25N3. The van der Waals surface area contributed by atoms with Gasteiger partial charge in [0.25, 0.3) is 0 Å². The van der Waals surface area contributed by atoms with Crippen LogP contribution in [0.2, 0.25) is 0 Å². The number of benzene rings is 1. The summed E-state index contributed by atoms with van der Waals surface area (Å²) in [6, 6.07) is 11.9. The number of nitrogens with two attached hydrogens (primary N) is 1. The summed E-state index contributed by atoms with van der Waals surface area (Å²) >= 11 is 0. The minimum atomic E-state index is -0.283. The van der Waals surface area contributed by atoms with Gasteiger partial charge in [-0.1, -0.05) is 30.3 Å². The molecule has 104 valence electrons. The van der Waals surface area contributed by atoms with Crippen molar-refractivity contribution in [2.75, 3.05) is 19.6 Å². The molecule has 3 nitrogen and oxygen atoms in total. The molecule has 2 aliphatic rings. The summed E-state index contributed by atoms with van der Waals surface area (Å²) in [4.78, 5) is 2.63. The topological polar surface area (TPSA) is 41.3 Å². The summed E-state index contributed by atoms with van der Waals surface area (Å²) in [5.74, 6) is 0. The Kier molecular flexibility index (Phi) is 3.61. The van der Waals surface area contributed by atoms with Crippen LogP contribution in [-0.2, 0) is 5.54 Å². The van der Waals surface area contributed by atoms with Gasteiger partial charge >= 0.3 is 0 Å². The maximum atomic E-state index is 6.45. The number of nitrogens with zero attached hydrogens (tertiary/aromatic N) is 1. The molecule has 1 heterocycles. The lowest BCUT2D eigenvalue weighted by atomic mass is 9.93. The third kappa shape index (κ3) is 3.16. The van der Waals surface area contributed by atoms with Gasteiger partial charge in [0, 0.05) is 31.7 Å². The summed E-state index contributed by atoms with van der Waals surface area (Å²) in [5, 5.41) is 3.67. The monoisotopic (exact) mass is 259 g/mol. The highest BCUT2D eigenvalue weighted by atomic mass is 15.2. The average Bonchev–Trinajstić information content (AvgIpc) is 3.17. The first-order chi connectivity index (χ1) is 9.15. The predicted octanol–water partition coefficient (Wildman–Crippen LogP) is 1.69. The van der Waals surface area contributed by atoms with Crippen molar-refractivity contribution in [1.82, 2.24) is 10.2 Å². The fourth-order valence-corrected chi connectivity index (χ4v) is 3.00. The van der Waals surface area contributed by atoms with E-state index >= 15 is 0 Å². The second-order valence-corrected chi connectivity index (χ2v) is 6.38. The van der Waals surface area contributed by atoms with Crippen molar-refractivity contribution in [2.45, 2.75) is 43.8 Å². The van der Waals surface area contributed by atoms with E-state index in [1.807, 2.05) is 6.07 Å². The molecule has 0 amide bonds. The third-order valence-electron chi connectivity index (χ3n) is 4.47. The van der Waals surface area contributed by atoms with E-state index in [1.54, 1.807) is 0 Å². The fraction of sp³-hybridized carbons (Fsp3) is 0.625. The van der Waals surface area contributed by atoms with E-state index in [1.165, 1.54) is 37.9 Å². The standard InChI is InChI=1S/C16H25N3/c1-16(17,13-5-3-2-4-6-13)12-18-14-9-10-19(11-14)15-7-8-15/h2-6,14-15,18H,7-12,17H2,1H3. The van der Waals surface area contributed by atoms with Gasteiger partial charge in [-0.3, -0.25) is 4.90 Å². The molecule has 0 bridgehead atoms. The quantitative estimate of drug-likeness (QED) is 0.845. The summed E-state index contributed by atoms with van der Waals surface area (Å²) < 4.78 is 0. The Morgan fingerprint density at radius 2 is 2.00 bits per heavy atom. The van der Waals surface area contributed by atoms with Crippen LogP contribution in [0, 0.1) is 0 Å². The van der Waals surface area contributed by atoms with Crippen molar-refractivity contribution in [3.8, 4) is 0 Å². The molecule has 1 aliphatic carbocycles. The van der Waals surface area contributed by atoms with Gasteiger partial charge in [-0.25, -0.2) is 0 Å². The second kappa shape index (κ2) is 5.23. The lowest BCUT2D eigenvalue weighted by molar-refractivity contribution is 0.312. The maximum absolute atomic E-state index is 6.45. The van der Waals surface area contributed by atoms with E-state index in [9.17, 15) is 0 Å². The molecule has 1 saturated heterocycles. The molecule has 1 aliphatic heterocycles. The normalized spacial score (nSPS) is 27.4. The minimum absolute atomic E-state index is 0.283. The van der Waals surface area contributed by atoms with Crippen molar-refractivity contribution in [3.63, 3.8) is 0 Å². The van der Waals surface area contributed by atoms with Crippen molar-refractivity contribution >= 4 is 0 Å². The lowest BCUT2D eigenvalue weighted by Crippen LogP contribution is -2.47. The van der Waals surface area contributed by atoms with Crippen LogP contribution in [0.3, 0.4) is 0 Å². The number of rotatable bonds is 5. The molecule has 1 aromatic rings. The highest BCUT2D eigenvalue weighted by Crippen LogP contribution is 2.30. The Balaban J connectivity index is 1.51. The second-order valence-electron chi connectivity index (χ2n) is 6.38. The first kappa shape index (κ1) is 13.1. The molecule has 0 spiro atoms. The Morgan fingerprint density at radius 3 is 2.68 bits per heavy atom. The molecule has 3 heteroatoms. The van der Waals surface area contributed by atoms with E-state index in [2.05, 4.69) is 41.4 Å². The highest BCUT2D eigenvalue weighted by Gasteiger charge is 2.34. The average molecular weight is 259 g/mol. The van der Waals surface area contributed by atoms with E-state index in [0.717, 1.165) is 12.6 Å². The van der Waals surface area contributed by atoms with Gasteiger partial charge in [0.2, 0.25) is 0 Å². The molecule has 0 radical (unpaired) electrons. The van der Waals surface area contributed by atoms with Crippen molar-refractivity contribution in [2.24, 2.45) is 5.73 Å². The van der Waals surface area contributed by atoms with Gasteiger partial charge < -0.3 is 11.1 Å². The summed E-state index contributed by atoms with van der Waals surface area (Å²) in [6.07, 6.45) is 4.08. The van der Waals surface area contributed by atoms with Crippen LogP contribution in [0.5, 0.6) is 0 Å². The molecule has 19 heavy (non-hydrogen) atoms. The van der Waals surface area contributed by atoms with Gasteiger partial charge in [0.05, 0.1) is 5.54 Å². The smallest absolute Gasteiger partial charge is 0.0507 e. The largest absolute Gasteiger partial charge is 0.321 e. The van der Waals surface area contributed by atoms with Crippen molar-refractivity contribution in [3.05, 3.63) is 35.9 Å². The molecule has 2 atom stereocenters. The molecule has 1 aromatic carbocycles. The third-order valence-corrected chi connectivity index (χ3v) is 4.47. The molecule has 3 N–H and O–H groups in total. The molecule has 2 unspecified atom stereocenters. The first-order valence-electron chi connectivity index (χ1n) is 7.47. The maximum Gasteiger partial charge on any atom is 0.0507 e. The van der Waals surface area contributed by atoms with E-state index < -0.39 is 0 Å². The molecular weight excluding hydrogens is 234 g/mol. The molecule has 1 saturated carbocycles. The van der Waals surface area contributed by atoms with Gasteiger partial charge in [-0.05, 0) is 31.7 Å². The number of hydrogen-bond donors (Lipinski definition) is 2. The Labute approximate surface area is 116 Å². The SMILES string of the molecule is CC(N)(CNC1CCN(C2CC2)C1)c1ccccc1. The highest BCUT2D eigenvalue weighted by molar-refractivity contribution is 5.23. The van der Waals surface area contributed by atoms with Gasteiger partial charge in [0.15, 0.2) is 0 Å². The molecule has 3 rings (SSSR count). The predicted molar refractivity (Wildman–Crippen MR) is 79.0 cm³/mol. The number of likely N-dealkylation sites (tertiary alicyclic amines) is 1. The van der Waals surface area contributed by atoms with E-state index in [4.69, 9.17) is 5.73 Å². The Morgan fingerprint density at radius 1 is 1.26 bits per heavy atom. The van der Waals surface area contributed by atoms with Crippen molar-refractivity contribution in [1.29, 1.82) is 0 Å². The minimum Gasteiger partial charge on any atom is -0.321 e. The molecule has 0 aromatic heterocycles. The zero-order valence-corrected chi connectivity index (χ0v) is 11.8. The summed E-state index contributed by atoms with van der Waals surface area (Å²) in [5.41, 5.74) is 7.37.